The molecule has 1 aromatic carbocycles. The van der Waals surface area contributed by atoms with Gasteiger partial charge in [0.25, 0.3) is 5.69 Å². The Hall–Kier alpha value is -3.18. The number of nitrogens with zero attached hydrogens (tertiary/aromatic N) is 4. The number of rotatable bonds is 8. The smallest absolute Gasteiger partial charge is 0.292 e. The molecule has 0 spiro atoms. The van der Waals surface area contributed by atoms with E-state index in [1.54, 1.807) is 18.4 Å². The summed E-state index contributed by atoms with van der Waals surface area (Å²) in [6.45, 7) is 3.15. The van der Waals surface area contributed by atoms with Crippen LogP contribution >= 0.6 is 11.8 Å². The van der Waals surface area contributed by atoms with Crippen LogP contribution in [0.4, 0.5) is 11.4 Å². The lowest BCUT2D eigenvalue weighted by molar-refractivity contribution is -0.383. The third-order valence-electron chi connectivity index (χ3n) is 4.93. The number of amides is 1. The van der Waals surface area contributed by atoms with Gasteiger partial charge in [-0.1, -0.05) is 23.9 Å². The molecule has 0 bridgehead atoms. The number of carbonyl (C=O) groups is 1. The SMILES string of the molecule is Cc1occc1-c1nnc(SCC(=O)Nc2ccccc2[N+](=O)[O-])n1CC1CCCO1. The Morgan fingerprint density at radius 1 is 1.35 bits per heavy atom. The van der Waals surface area contributed by atoms with Crippen molar-refractivity contribution in [3.8, 4) is 11.4 Å². The van der Waals surface area contributed by atoms with Gasteiger partial charge in [0.15, 0.2) is 11.0 Å². The Morgan fingerprint density at radius 2 is 2.19 bits per heavy atom. The summed E-state index contributed by atoms with van der Waals surface area (Å²) < 4.78 is 13.1. The van der Waals surface area contributed by atoms with Gasteiger partial charge in [-0.3, -0.25) is 19.5 Å². The zero-order valence-electron chi connectivity index (χ0n) is 16.8. The number of anilines is 1. The van der Waals surface area contributed by atoms with Gasteiger partial charge in [-0.05, 0) is 31.9 Å². The maximum absolute atomic E-state index is 12.5. The molecule has 1 fully saturated rings. The van der Waals surface area contributed by atoms with Crippen molar-refractivity contribution in [2.75, 3.05) is 17.7 Å². The van der Waals surface area contributed by atoms with Gasteiger partial charge < -0.3 is 14.5 Å². The quantitative estimate of drug-likeness (QED) is 0.318. The third-order valence-corrected chi connectivity index (χ3v) is 5.90. The number of aromatic nitrogens is 3. The van der Waals surface area contributed by atoms with Crippen LogP contribution in [0.1, 0.15) is 18.6 Å². The Bertz CT molecular complexity index is 1090. The lowest BCUT2D eigenvalue weighted by Crippen LogP contribution is -2.18. The Kier molecular flexibility index (Phi) is 6.33. The summed E-state index contributed by atoms with van der Waals surface area (Å²) in [6.07, 6.45) is 3.61. The van der Waals surface area contributed by atoms with E-state index in [1.807, 2.05) is 17.6 Å². The molecule has 3 aromatic rings. The number of ether oxygens (including phenoxy) is 1. The van der Waals surface area contributed by atoms with E-state index in [9.17, 15) is 14.9 Å². The number of carbonyl (C=O) groups excluding carboxylic acids is 1. The first-order valence-electron chi connectivity index (χ1n) is 9.78. The standard InChI is InChI=1S/C20H21N5O5S/c1-13-15(8-10-29-13)19-22-23-20(24(19)11-14-5-4-9-30-14)31-12-18(26)21-16-6-2-3-7-17(16)25(27)28/h2-3,6-8,10,14H,4-5,9,11-12H2,1H3,(H,21,26). The Labute approximate surface area is 182 Å². The zero-order valence-corrected chi connectivity index (χ0v) is 17.6. The highest BCUT2D eigenvalue weighted by Crippen LogP contribution is 2.29. The monoisotopic (exact) mass is 443 g/mol. The number of nitro groups is 1. The van der Waals surface area contributed by atoms with Crippen molar-refractivity contribution in [3.63, 3.8) is 0 Å². The maximum atomic E-state index is 12.5. The topological polar surface area (TPSA) is 125 Å². The normalized spacial score (nSPS) is 15.8. The van der Waals surface area contributed by atoms with Crippen LogP contribution in [0.2, 0.25) is 0 Å². The fraction of sp³-hybridized carbons (Fsp3) is 0.350. The Morgan fingerprint density at radius 3 is 2.90 bits per heavy atom. The molecule has 162 valence electrons. The summed E-state index contributed by atoms with van der Waals surface area (Å²) in [7, 11) is 0. The molecule has 11 heteroatoms. The van der Waals surface area contributed by atoms with E-state index >= 15 is 0 Å². The minimum Gasteiger partial charge on any atom is -0.469 e. The summed E-state index contributed by atoms with van der Waals surface area (Å²) in [5.74, 6) is 1.04. The summed E-state index contributed by atoms with van der Waals surface area (Å²) >= 11 is 1.22. The number of thioether (sulfide) groups is 1. The average molecular weight is 443 g/mol. The number of aryl methyl sites for hydroxylation is 1. The van der Waals surface area contributed by atoms with Gasteiger partial charge in [-0.15, -0.1) is 10.2 Å². The maximum Gasteiger partial charge on any atom is 0.292 e. The minimum absolute atomic E-state index is 0.0279. The van der Waals surface area contributed by atoms with Crippen molar-refractivity contribution in [1.82, 2.24) is 14.8 Å². The number of hydrogen-bond donors (Lipinski definition) is 1. The molecular weight excluding hydrogens is 422 g/mol. The van der Waals surface area contributed by atoms with Gasteiger partial charge in [0.05, 0.1) is 35.2 Å². The molecule has 4 rings (SSSR count). The van der Waals surface area contributed by atoms with E-state index in [-0.39, 0.29) is 29.1 Å². The number of nitro benzene ring substituents is 1. The van der Waals surface area contributed by atoms with Crippen molar-refractivity contribution in [3.05, 3.63) is 52.5 Å². The van der Waals surface area contributed by atoms with Crippen molar-refractivity contribution < 1.29 is 18.9 Å². The van der Waals surface area contributed by atoms with Gasteiger partial charge >= 0.3 is 0 Å². The lowest BCUT2D eigenvalue weighted by atomic mass is 10.2. The molecule has 0 saturated carbocycles. The van der Waals surface area contributed by atoms with Crippen LogP contribution in [0.15, 0.2) is 46.2 Å². The first-order chi connectivity index (χ1) is 15.0. The highest BCUT2D eigenvalue weighted by atomic mass is 32.2. The van der Waals surface area contributed by atoms with Gasteiger partial charge in [0.1, 0.15) is 11.4 Å². The van der Waals surface area contributed by atoms with Crippen LogP contribution in [0.3, 0.4) is 0 Å². The molecule has 1 aliphatic rings. The van der Waals surface area contributed by atoms with Crippen LogP contribution in [-0.2, 0) is 16.1 Å². The number of furan rings is 1. The van der Waals surface area contributed by atoms with E-state index in [1.165, 1.54) is 23.9 Å². The number of para-hydroxylation sites is 2. The molecule has 0 radical (unpaired) electrons. The molecule has 10 nitrogen and oxygen atoms in total. The van der Waals surface area contributed by atoms with E-state index in [0.29, 0.717) is 17.5 Å². The van der Waals surface area contributed by atoms with Crippen LogP contribution in [0, 0.1) is 17.0 Å². The fourth-order valence-corrected chi connectivity index (χ4v) is 4.17. The van der Waals surface area contributed by atoms with E-state index in [2.05, 4.69) is 15.5 Å². The molecule has 1 N–H and O–H groups in total. The second-order valence-electron chi connectivity index (χ2n) is 7.05. The number of hydrogen-bond acceptors (Lipinski definition) is 8. The van der Waals surface area contributed by atoms with E-state index in [0.717, 1.165) is 30.8 Å². The highest BCUT2D eigenvalue weighted by Gasteiger charge is 2.24. The summed E-state index contributed by atoms with van der Waals surface area (Å²) in [5.41, 5.74) is 0.843. The first-order valence-corrected chi connectivity index (χ1v) is 10.8. The second-order valence-corrected chi connectivity index (χ2v) is 8.00. The molecule has 3 heterocycles. The largest absolute Gasteiger partial charge is 0.469 e. The number of nitrogens with one attached hydrogen (secondary N) is 1. The molecule has 1 amide bonds. The zero-order chi connectivity index (χ0) is 21.8. The second kappa shape index (κ2) is 9.31. The molecule has 0 aliphatic carbocycles. The molecule has 1 atom stereocenters. The Balaban J connectivity index is 1.50. The van der Waals surface area contributed by atoms with E-state index in [4.69, 9.17) is 9.15 Å². The molecule has 1 saturated heterocycles. The molecule has 2 aromatic heterocycles. The van der Waals surface area contributed by atoms with Crippen LogP contribution in [0.25, 0.3) is 11.4 Å². The lowest BCUT2D eigenvalue weighted by Gasteiger charge is -2.14. The summed E-state index contributed by atoms with van der Waals surface area (Å²) in [4.78, 5) is 23.1. The molecule has 1 aliphatic heterocycles. The van der Waals surface area contributed by atoms with Gasteiger partial charge in [0.2, 0.25) is 5.91 Å². The van der Waals surface area contributed by atoms with Crippen molar-refractivity contribution in [2.45, 2.75) is 37.6 Å². The first kappa shape index (κ1) is 21.1. The van der Waals surface area contributed by atoms with Crippen molar-refractivity contribution >= 4 is 29.0 Å². The average Bonchev–Trinajstić information content (AvgIpc) is 3.49. The van der Waals surface area contributed by atoms with Crippen LogP contribution in [-0.4, -0.2) is 44.1 Å². The molecule has 1 unspecified atom stereocenters. The van der Waals surface area contributed by atoms with Gasteiger partial charge in [0, 0.05) is 12.7 Å². The number of benzene rings is 1. The summed E-state index contributed by atoms with van der Waals surface area (Å²) in [6, 6.07) is 7.87. The van der Waals surface area contributed by atoms with Crippen LogP contribution in [0.5, 0.6) is 0 Å². The molecular formula is C20H21N5O5S. The predicted octanol–water partition coefficient (Wildman–Crippen LogP) is 3.66. The third kappa shape index (κ3) is 4.78. The van der Waals surface area contributed by atoms with Gasteiger partial charge in [-0.25, -0.2) is 0 Å². The van der Waals surface area contributed by atoms with E-state index < -0.39 is 4.92 Å². The van der Waals surface area contributed by atoms with Crippen LogP contribution < -0.4 is 5.32 Å². The van der Waals surface area contributed by atoms with Crippen molar-refractivity contribution in [1.29, 1.82) is 0 Å². The fourth-order valence-electron chi connectivity index (χ4n) is 3.42. The predicted molar refractivity (Wildman–Crippen MR) is 114 cm³/mol. The highest BCUT2D eigenvalue weighted by molar-refractivity contribution is 7.99. The molecule has 31 heavy (non-hydrogen) atoms. The van der Waals surface area contributed by atoms with Crippen molar-refractivity contribution in [2.24, 2.45) is 0 Å². The van der Waals surface area contributed by atoms with Gasteiger partial charge in [-0.2, -0.15) is 0 Å². The minimum atomic E-state index is -0.527. The summed E-state index contributed by atoms with van der Waals surface area (Å²) in [5, 5.41) is 22.9.